The summed E-state index contributed by atoms with van der Waals surface area (Å²) in [6.45, 7) is 0. The second-order valence-electron chi connectivity index (χ2n) is 13.4. The normalized spacial score (nSPS) is 11.7. The van der Waals surface area contributed by atoms with Crippen LogP contribution in [0.1, 0.15) is 0 Å². The number of aromatic nitrogens is 4. The lowest BCUT2D eigenvalue weighted by atomic mass is 9.99. The van der Waals surface area contributed by atoms with E-state index < -0.39 is 0 Å². The van der Waals surface area contributed by atoms with Crippen LogP contribution in [-0.2, 0) is 0 Å². The van der Waals surface area contributed by atoms with Crippen LogP contribution in [0.3, 0.4) is 0 Å². The highest BCUT2D eigenvalue weighted by molar-refractivity contribution is 6.21. The van der Waals surface area contributed by atoms with Gasteiger partial charge in [0.2, 0.25) is 0 Å². The number of nitrogens with zero attached hydrogens (tertiary/aromatic N) is 4. The van der Waals surface area contributed by atoms with E-state index in [0.29, 0.717) is 17.5 Å². The highest BCUT2D eigenvalue weighted by Crippen LogP contribution is 2.41. The summed E-state index contributed by atoms with van der Waals surface area (Å²) in [4.78, 5) is 20.1. The van der Waals surface area contributed by atoms with Crippen LogP contribution in [0.5, 0.6) is 0 Å². The fraction of sp³-hybridized carbons (Fsp3) is 0. The van der Waals surface area contributed by atoms with Crippen LogP contribution >= 0.6 is 0 Å². The quantitative estimate of drug-likeness (QED) is 0.179. The van der Waals surface area contributed by atoms with Gasteiger partial charge >= 0.3 is 0 Å². The summed E-state index contributed by atoms with van der Waals surface area (Å²) in [5, 5.41) is 5.27. The van der Waals surface area contributed by atoms with Gasteiger partial charge in [0.05, 0.1) is 11.1 Å². The molecular formula is C48H28N4O2. The summed E-state index contributed by atoms with van der Waals surface area (Å²) in [6, 6.07) is 57.5. The van der Waals surface area contributed by atoms with E-state index >= 15 is 0 Å². The van der Waals surface area contributed by atoms with Crippen LogP contribution in [0.4, 0.5) is 0 Å². The van der Waals surface area contributed by atoms with Crippen LogP contribution in [0.15, 0.2) is 179 Å². The molecule has 11 rings (SSSR count). The molecule has 252 valence electrons. The van der Waals surface area contributed by atoms with Gasteiger partial charge in [-0.05, 0) is 41.5 Å². The Hall–Kier alpha value is -7.44. The van der Waals surface area contributed by atoms with E-state index in [-0.39, 0.29) is 0 Å². The molecule has 0 bridgehead atoms. The number of pyridine rings is 1. The van der Waals surface area contributed by atoms with E-state index in [2.05, 4.69) is 84.9 Å². The monoisotopic (exact) mass is 692 g/mol. The fourth-order valence-corrected chi connectivity index (χ4v) is 7.53. The third kappa shape index (κ3) is 4.89. The summed E-state index contributed by atoms with van der Waals surface area (Å²) in [7, 11) is 0. The molecule has 0 fully saturated rings. The van der Waals surface area contributed by atoms with E-state index in [1.807, 2.05) is 84.9 Å². The summed E-state index contributed by atoms with van der Waals surface area (Å²) < 4.78 is 12.9. The summed E-state index contributed by atoms with van der Waals surface area (Å²) in [5.74, 6) is 1.74. The number of benzene rings is 7. The molecule has 0 saturated heterocycles. The Kier molecular flexibility index (Phi) is 6.75. The third-order valence-electron chi connectivity index (χ3n) is 10.1. The number of rotatable bonds is 5. The zero-order valence-corrected chi connectivity index (χ0v) is 28.8. The first-order valence-electron chi connectivity index (χ1n) is 17.9. The van der Waals surface area contributed by atoms with Gasteiger partial charge in [0.1, 0.15) is 22.4 Å². The molecule has 0 aliphatic rings. The van der Waals surface area contributed by atoms with Crippen molar-refractivity contribution in [1.29, 1.82) is 0 Å². The van der Waals surface area contributed by atoms with E-state index in [0.717, 1.165) is 93.9 Å². The van der Waals surface area contributed by atoms with Gasteiger partial charge < -0.3 is 8.83 Å². The molecule has 0 unspecified atom stereocenters. The Balaban J connectivity index is 1.03. The molecule has 0 N–H and O–H groups in total. The molecular weight excluding hydrogens is 665 g/mol. The number of fused-ring (bicyclic) bond motifs is 8. The van der Waals surface area contributed by atoms with Crippen molar-refractivity contribution in [2.75, 3.05) is 0 Å². The van der Waals surface area contributed by atoms with Crippen molar-refractivity contribution in [3.05, 3.63) is 170 Å². The molecule has 6 heteroatoms. The van der Waals surface area contributed by atoms with Gasteiger partial charge in [0.15, 0.2) is 23.1 Å². The van der Waals surface area contributed by atoms with Gasteiger partial charge in [-0.15, -0.1) is 0 Å². The lowest BCUT2D eigenvalue weighted by molar-refractivity contribution is 0.668. The van der Waals surface area contributed by atoms with E-state index in [9.17, 15) is 0 Å². The molecule has 0 radical (unpaired) electrons. The van der Waals surface area contributed by atoms with Crippen LogP contribution in [0, 0.1) is 0 Å². The lowest BCUT2D eigenvalue weighted by Gasteiger charge is -2.09. The van der Waals surface area contributed by atoms with Gasteiger partial charge in [-0.1, -0.05) is 140 Å². The predicted octanol–water partition coefficient (Wildman–Crippen LogP) is 12.6. The predicted molar refractivity (Wildman–Crippen MR) is 217 cm³/mol. The zero-order valence-electron chi connectivity index (χ0n) is 28.8. The molecule has 0 amide bonds. The number of hydrogen-bond donors (Lipinski definition) is 0. The van der Waals surface area contributed by atoms with Crippen LogP contribution in [0.2, 0.25) is 0 Å². The average Bonchev–Trinajstić information content (AvgIpc) is 3.83. The van der Waals surface area contributed by atoms with Crippen molar-refractivity contribution in [2.45, 2.75) is 0 Å². The molecule has 0 spiro atoms. The molecule has 0 aliphatic carbocycles. The van der Waals surface area contributed by atoms with Crippen molar-refractivity contribution in [1.82, 2.24) is 19.9 Å². The Morgan fingerprint density at radius 2 is 0.907 bits per heavy atom. The molecule has 0 aliphatic heterocycles. The van der Waals surface area contributed by atoms with Crippen molar-refractivity contribution < 1.29 is 8.83 Å². The fourth-order valence-electron chi connectivity index (χ4n) is 7.53. The first-order chi connectivity index (χ1) is 26.7. The first-order valence-corrected chi connectivity index (χ1v) is 17.9. The maximum absolute atomic E-state index is 6.56. The summed E-state index contributed by atoms with van der Waals surface area (Å²) >= 11 is 0. The second-order valence-corrected chi connectivity index (χ2v) is 13.4. The van der Waals surface area contributed by atoms with Crippen molar-refractivity contribution in [3.63, 3.8) is 0 Å². The minimum atomic E-state index is 0.557. The smallest absolute Gasteiger partial charge is 0.167 e. The average molecular weight is 693 g/mol. The standard InChI is InChI=1S/C48H28N4O2/c1-3-12-30(13-4-1)43-45-42(36-17-7-9-20-39(36)49-43)38-28-33(26-27-41(38)54-45)29-22-24-32(25-23-29)47-50-46(31-14-5-2-6-15-31)51-48(52-47)37-19-11-18-35-34-16-8-10-21-40(34)53-44(35)37/h1-28H. The highest BCUT2D eigenvalue weighted by atomic mass is 16.3. The molecule has 54 heavy (non-hydrogen) atoms. The van der Waals surface area contributed by atoms with Crippen molar-refractivity contribution in [2.24, 2.45) is 0 Å². The summed E-state index contributed by atoms with van der Waals surface area (Å²) in [5.41, 5.74) is 10.8. The van der Waals surface area contributed by atoms with Crippen LogP contribution in [-0.4, -0.2) is 19.9 Å². The Morgan fingerprint density at radius 1 is 0.333 bits per heavy atom. The molecule has 4 aromatic heterocycles. The maximum atomic E-state index is 6.56. The van der Waals surface area contributed by atoms with E-state index in [1.165, 1.54) is 0 Å². The molecule has 7 aromatic carbocycles. The van der Waals surface area contributed by atoms with Crippen molar-refractivity contribution in [3.8, 4) is 56.5 Å². The van der Waals surface area contributed by atoms with Gasteiger partial charge in [0, 0.05) is 43.6 Å². The molecule has 11 aromatic rings. The largest absolute Gasteiger partial charge is 0.455 e. The van der Waals surface area contributed by atoms with Gasteiger partial charge in [-0.3, -0.25) is 0 Å². The second kappa shape index (κ2) is 12.1. The number of para-hydroxylation sites is 3. The van der Waals surface area contributed by atoms with Gasteiger partial charge in [-0.2, -0.15) is 0 Å². The Morgan fingerprint density at radius 3 is 1.70 bits per heavy atom. The third-order valence-corrected chi connectivity index (χ3v) is 10.1. The lowest BCUT2D eigenvalue weighted by Crippen LogP contribution is -2.00. The van der Waals surface area contributed by atoms with Gasteiger partial charge in [0.25, 0.3) is 0 Å². The molecule has 0 saturated carbocycles. The maximum Gasteiger partial charge on any atom is 0.167 e. The highest BCUT2D eigenvalue weighted by Gasteiger charge is 2.20. The van der Waals surface area contributed by atoms with Crippen LogP contribution in [0.25, 0.3) is 111 Å². The van der Waals surface area contributed by atoms with Crippen molar-refractivity contribution >= 4 is 54.8 Å². The SMILES string of the molecule is c1ccc(-c2nc(-c3ccc(-c4ccc5oc6c(-c7ccccc7)nc7ccccc7c6c5c4)cc3)nc(-c3cccc4c3oc3ccccc34)n2)cc1. The zero-order chi connectivity index (χ0) is 35.6. The molecule has 0 atom stereocenters. The first kappa shape index (κ1) is 30.2. The number of hydrogen-bond acceptors (Lipinski definition) is 6. The van der Waals surface area contributed by atoms with E-state index in [4.69, 9.17) is 28.8 Å². The minimum Gasteiger partial charge on any atom is -0.455 e. The molecule has 4 heterocycles. The molecule has 6 nitrogen and oxygen atoms in total. The Labute approximate surface area is 309 Å². The van der Waals surface area contributed by atoms with Gasteiger partial charge in [-0.25, -0.2) is 19.9 Å². The minimum absolute atomic E-state index is 0.557. The van der Waals surface area contributed by atoms with E-state index in [1.54, 1.807) is 0 Å². The topological polar surface area (TPSA) is 77.8 Å². The Bertz CT molecular complexity index is 3200. The number of furan rings is 2. The summed E-state index contributed by atoms with van der Waals surface area (Å²) in [6.07, 6.45) is 0. The van der Waals surface area contributed by atoms with Crippen LogP contribution < -0.4 is 0 Å².